The molecule has 1 aliphatic rings. The van der Waals surface area contributed by atoms with E-state index in [-0.39, 0.29) is 36.2 Å². The van der Waals surface area contributed by atoms with E-state index in [0.29, 0.717) is 22.6 Å². The number of carbonyl (C=O) groups is 4. The van der Waals surface area contributed by atoms with Crippen LogP contribution >= 0.6 is 0 Å². The number of rotatable bonds is 12. The summed E-state index contributed by atoms with van der Waals surface area (Å²) in [7, 11) is 0. The number of amides is 1. The van der Waals surface area contributed by atoms with Crippen molar-refractivity contribution in [3.8, 4) is 23.8 Å². The lowest BCUT2D eigenvalue weighted by molar-refractivity contribution is -0.160. The summed E-state index contributed by atoms with van der Waals surface area (Å²) < 4.78 is 39.5. The molecule has 302 valence electrons. The van der Waals surface area contributed by atoms with E-state index in [1.54, 1.807) is 12.1 Å². The normalized spacial score (nSPS) is 18.2. The van der Waals surface area contributed by atoms with Gasteiger partial charge in [-0.15, -0.1) is 6.42 Å². The van der Waals surface area contributed by atoms with Crippen molar-refractivity contribution >= 4 is 40.8 Å². The van der Waals surface area contributed by atoms with Crippen molar-refractivity contribution in [1.29, 1.82) is 0 Å². The molecule has 1 amide bonds. The van der Waals surface area contributed by atoms with Crippen LogP contribution < -0.4 is 14.8 Å². The summed E-state index contributed by atoms with van der Waals surface area (Å²) in [5.74, 6) is 0.726. The number of anilines is 1. The highest BCUT2D eigenvalue weighted by Crippen LogP contribution is 2.43. The molecule has 0 spiro atoms. The molecule has 2 N–H and O–H groups in total. The number of benzene rings is 2. The Labute approximate surface area is 330 Å². The Morgan fingerprint density at radius 3 is 2.00 bits per heavy atom. The Kier molecular flexibility index (Phi) is 11.9. The average Bonchev–Trinajstić information content (AvgIpc) is 3.64. The van der Waals surface area contributed by atoms with Crippen LogP contribution in [0.5, 0.6) is 11.5 Å². The zero-order valence-electron chi connectivity index (χ0n) is 33.8. The molecule has 0 unspecified atom stereocenters. The number of nitrogens with one attached hydrogen (secondary N) is 1. The van der Waals surface area contributed by atoms with Gasteiger partial charge in [0.05, 0.1) is 19.4 Å². The second-order valence-electron chi connectivity index (χ2n) is 15.9. The van der Waals surface area contributed by atoms with Crippen LogP contribution in [0.1, 0.15) is 100 Å². The number of nitrogens with zero attached hydrogens (tertiary/aromatic N) is 4. The molecule has 0 aliphatic carbocycles. The monoisotopic (exact) mass is 785 g/mol. The van der Waals surface area contributed by atoms with E-state index in [1.807, 2.05) is 67.5 Å². The van der Waals surface area contributed by atoms with Gasteiger partial charge in [-0.2, -0.15) is 14.4 Å². The van der Waals surface area contributed by atoms with Crippen LogP contribution in [0, 0.1) is 46.1 Å². The first-order valence-corrected chi connectivity index (χ1v) is 18.4. The summed E-state index contributed by atoms with van der Waals surface area (Å²) in [6.45, 7) is 16.6. The van der Waals surface area contributed by atoms with Crippen molar-refractivity contribution in [3.63, 3.8) is 0 Å². The second-order valence-corrected chi connectivity index (χ2v) is 15.9. The van der Waals surface area contributed by atoms with E-state index in [9.17, 15) is 24.3 Å². The second kappa shape index (κ2) is 16.0. The largest absolute Gasteiger partial charge is 0.458 e. The first-order valence-electron chi connectivity index (χ1n) is 18.4. The molecule has 5 rings (SSSR count). The molecule has 4 aromatic rings. The summed E-state index contributed by atoms with van der Waals surface area (Å²) in [5.41, 5.74) is 1.20. The van der Waals surface area contributed by atoms with Crippen molar-refractivity contribution in [2.75, 3.05) is 11.9 Å². The predicted octanol–water partition coefficient (Wildman–Crippen LogP) is 5.92. The molecule has 0 bridgehead atoms. The molecule has 3 atom stereocenters. The molecule has 14 nitrogen and oxygen atoms in total. The Hall–Kier alpha value is -5.72. The molecule has 2 aromatic heterocycles. The number of esters is 3. The van der Waals surface area contributed by atoms with Crippen LogP contribution in [0.15, 0.2) is 30.6 Å². The SMILES string of the molecule is C#C[C@]1(CO)O[C@@H](n2cnc3c(NC(=O)CC(C)(C)c4c(C)cc(C)cc4OC(C)=O)nc(F)nc32)C[C@@H]1OC(=O)CC(C)(C)c1c(C)cc(C)cc1OC(C)=O. The lowest BCUT2D eigenvalue weighted by Crippen LogP contribution is -2.44. The van der Waals surface area contributed by atoms with Gasteiger partial charge >= 0.3 is 24.0 Å². The number of hydrogen-bond donors (Lipinski definition) is 2. The standard InChI is InChI=1S/C42H48FN5O9/c1-12-42(20-49)30(56-33(53)19-41(10,11)35-25(5)14-23(3)16-29(35)55-27(7)51)17-32(57-42)48-21-44-36-37(46-39(43)47-38(36)48)45-31(52)18-40(8,9)34-24(4)13-22(2)15-28(34)54-26(6)50/h1,13-16,21,30,32,49H,17-20H2,2-11H3,(H,45,46,47,52)/t30-,32+,42+/m0/s1. The molecular weight excluding hydrogens is 737 g/mol. The zero-order chi connectivity index (χ0) is 42.2. The topological polar surface area (TPSA) is 181 Å². The minimum atomic E-state index is -1.78. The van der Waals surface area contributed by atoms with Crippen LogP contribution in [0.2, 0.25) is 0 Å². The van der Waals surface area contributed by atoms with Crippen molar-refractivity contribution in [2.45, 2.75) is 117 Å². The number of fused-ring (bicyclic) bond motifs is 1. The average molecular weight is 786 g/mol. The number of terminal acetylenes is 1. The fraction of sp³-hybridized carbons (Fsp3) is 0.452. The molecule has 57 heavy (non-hydrogen) atoms. The van der Waals surface area contributed by atoms with Gasteiger partial charge in [-0.1, -0.05) is 45.7 Å². The van der Waals surface area contributed by atoms with Gasteiger partial charge in [0.15, 0.2) is 22.6 Å². The van der Waals surface area contributed by atoms with Gasteiger partial charge in [0.1, 0.15) is 23.8 Å². The van der Waals surface area contributed by atoms with Crippen LogP contribution in [0.3, 0.4) is 0 Å². The number of aromatic nitrogens is 4. The number of aliphatic hydroxyl groups is 1. The number of carbonyl (C=O) groups excluding carboxylic acids is 4. The van der Waals surface area contributed by atoms with Gasteiger partial charge in [0.2, 0.25) is 5.91 Å². The number of aliphatic hydroxyl groups excluding tert-OH is 1. The van der Waals surface area contributed by atoms with Crippen molar-refractivity contribution < 1.29 is 47.6 Å². The summed E-state index contributed by atoms with van der Waals surface area (Å²) in [6, 6.07) is 7.32. The third-order valence-electron chi connectivity index (χ3n) is 9.93. The molecule has 0 saturated carbocycles. The summed E-state index contributed by atoms with van der Waals surface area (Å²) in [6.07, 6.45) is 3.48. The maximum Gasteiger partial charge on any atom is 0.312 e. The maximum atomic E-state index is 15.1. The Balaban J connectivity index is 1.38. The molecule has 2 aromatic carbocycles. The summed E-state index contributed by atoms with van der Waals surface area (Å²) in [4.78, 5) is 63.1. The minimum Gasteiger partial charge on any atom is -0.458 e. The summed E-state index contributed by atoms with van der Waals surface area (Å²) >= 11 is 0. The molecule has 1 aliphatic heterocycles. The van der Waals surface area contributed by atoms with E-state index < -0.39 is 65.3 Å². The molecule has 1 saturated heterocycles. The summed E-state index contributed by atoms with van der Waals surface area (Å²) in [5, 5.41) is 13.1. The van der Waals surface area contributed by atoms with Crippen LogP contribution in [-0.2, 0) is 39.5 Å². The highest BCUT2D eigenvalue weighted by atomic mass is 19.1. The minimum absolute atomic E-state index is 0.0350. The first-order chi connectivity index (χ1) is 26.6. The highest BCUT2D eigenvalue weighted by molar-refractivity contribution is 5.97. The number of ether oxygens (including phenoxy) is 4. The van der Waals surface area contributed by atoms with Gasteiger partial charge in [0.25, 0.3) is 0 Å². The van der Waals surface area contributed by atoms with E-state index in [0.717, 1.165) is 22.3 Å². The Morgan fingerprint density at radius 2 is 1.49 bits per heavy atom. The Morgan fingerprint density at radius 1 is 0.947 bits per heavy atom. The molecule has 1 fully saturated rings. The predicted molar refractivity (Wildman–Crippen MR) is 207 cm³/mol. The van der Waals surface area contributed by atoms with E-state index in [1.165, 1.54) is 24.7 Å². The van der Waals surface area contributed by atoms with E-state index >= 15 is 4.39 Å². The van der Waals surface area contributed by atoms with Gasteiger partial charge in [0, 0.05) is 48.6 Å². The maximum absolute atomic E-state index is 15.1. The van der Waals surface area contributed by atoms with Crippen molar-refractivity contribution in [2.24, 2.45) is 0 Å². The Bertz CT molecular complexity index is 2310. The van der Waals surface area contributed by atoms with Crippen LogP contribution in [-0.4, -0.2) is 66.8 Å². The van der Waals surface area contributed by atoms with E-state index in [4.69, 9.17) is 25.4 Å². The third kappa shape index (κ3) is 8.97. The first kappa shape index (κ1) is 42.4. The quantitative estimate of drug-likeness (QED) is 0.0751. The number of halogens is 1. The third-order valence-corrected chi connectivity index (χ3v) is 9.93. The van der Waals surface area contributed by atoms with E-state index in [2.05, 4.69) is 26.2 Å². The van der Waals surface area contributed by atoms with Gasteiger partial charge < -0.3 is 29.4 Å². The smallest absolute Gasteiger partial charge is 0.312 e. The van der Waals surface area contributed by atoms with Crippen LogP contribution in [0.4, 0.5) is 10.2 Å². The van der Waals surface area contributed by atoms with Gasteiger partial charge in [-0.25, -0.2) is 4.98 Å². The van der Waals surface area contributed by atoms with Gasteiger partial charge in [-0.3, -0.25) is 23.7 Å². The lowest BCUT2D eigenvalue weighted by atomic mass is 9.78. The fourth-order valence-electron chi connectivity index (χ4n) is 7.93. The van der Waals surface area contributed by atoms with Crippen LogP contribution in [0.25, 0.3) is 11.2 Å². The molecule has 3 heterocycles. The van der Waals surface area contributed by atoms with Gasteiger partial charge in [-0.05, 0) is 62.1 Å². The number of imidazole rings is 1. The lowest BCUT2D eigenvalue weighted by Gasteiger charge is -2.31. The van der Waals surface area contributed by atoms with Crippen molar-refractivity contribution in [1.82, 2.24) is 19.5 Å². The highest BCUT2D eigenvalue weighted by Gasteiger charge is 2.51. The van der Waals surface area contributed by atoms with Crippen molar-refractivity contribution in [3.05, 3.63) is 70.1 Å². The number of aryl methyl sites for hydroxylation is 4. The molecule has 15 heteroatoms. The fourth-order valence-corrected chi connectivity index (χ4v) is 7.93. The zero-order valence-corrected chi connectivity index (χ0v) is 33.8. The molecule has 0 radical (unpaired) electrons. The number of hydrogen-bond acceptors (Lipinski definition) is 12. The molecular formula is C42H48FN5O9.